The van der Waals surface area contributed by atoms with Crippen LogP contribution in [0.4, 0.5) is 0 Å². The van der Waals surface area contributed by atoms with Gasteiger partial charge in [0.15, 0.2) is 0 Å². The summed E-state index contributed by atoms with van der Waals surface area (Å²) < 4.78 is 0. The highest BCUT2D eigenvalue weighted by Crippen LogP contribution is 2.33. The summed E-state index contributed by atoms with van der Waals surface area (Å²) in [5.41, 5.74) is 0. The summed E-state index contributed by atoms with van der Waals surface area (Å²) in [7, 11) is 0. The maximum Gasteiger partial charge on any atom is 0.133 e. The first kappa shape index (κ1) is 13.1. The van der Waals surface area contributed by atoms with Crippen LogP contribution in [0.25, 0.3) is 0 Å². The van der Waals surface area contributed by atoms with Crippen LogP contribution in [0.5, 0.6) is 0 Å². The number of fused-ring (bicyclic) bond motifs is 2. The molecule has 17 heavy (non-hydrogen) atoms. The van der Waals surface area contributed by atoms with Crippen molar-refractivity contribution < 1.29 is 4.79 Å². The summed E-state index contributed by atoms with van der Waals surface area (Å²) >= 11 is 0. The van der Waals surface area contributed by atoms with Crippen molar-refractivity contribution in [2.45, 2.75) is 77.3 Å². The molecule has 0 amide bonds. The first-order chi connectivity index (χ1) is 8.17. The molecule has 98 valence electrons. The zero-order chi connectivity index (χ0) is 12.3. The second-order valence-corrected chi connectivity index (χ2v) is 6.32. The van der Waals surface area contributed by atoms with Gasteiger partial charge in [-0.05, 0) is 37.5 Å². The van der Waals surface area contributed by atoms with Gasteiger partial charge in [0.25, 0.3) is 0 Å². The number of hydrogen-bond donors (Lipinski definition) is 1. The molecule has 3 atom stereocenters. The highest BCUT2D eigenvalue weighted by molar-refractivity contribution is 5.78. The van der Waals surface area contributed by atoms with E-state index in [0.717, 1.165) is 24.9 Å². The molecular formula is C15H27NO. The fourth-order valence-electron chi connectivity index (χ4n) is 3.73. The van der Waals surface area contributed by atoms with Gasteiger partial charge in [-0.15, -0.1) is 0 Å². The molecule has 0 aromatic rings. The molecule has 2 rings (SSSR count). The smallest absolute Gasteiger partial charge is 0.133 e. The maximum atomic E-state index is 12.0. The van der Waals surface area contributed by atoms with E-state index in [1.807, 2.05) is 0 Å². The number of ketones is 1. The van der Waals surface area contributed by atoms with Crippen molar-refractivity contribution >= 4 is 5.78 Å². The van der Waals surface area contributed by atoms with Crippen molar-refractivity contribution in [1.82, 2.24) is 5.32 Å². The van der Waals surface area contributed by atoms with E-state index in [9.17, 15) is 4.79 Å². The molecule has 0 spiro atoms. The Labute approximate surface area is 106 Å². The molecule has 0 aromatic carbocycles. The van der Waals surface area contributed by atoms with Crippen LogP contribution >= 0.6 is 0 Å². The number of hydrogen-bond acceptors (Lipinski definition) is 2. The monoisotopic (exact) mass is 237 g/mol. The summed E-state index contributed by atoms with van der Waals surface area (Å²) in [6, 6.07) is 1.44. The van der Waals surface area contributed by atoms with Gasteiger partial charge in [-0.1, -0.05) is 26.7 Å². The molecule has 2 aliphatic heterocycles. The number of carbonyl (C=O) groups is 1. The predicted molar refractivity (Wildman–Crippen MR) is 71.0 cm³/mol. The van der Waals surface area contributed by atoms with Crippen LogP contribution in [0.15, 0.2) is 0 Å². The van der Waals surface area contributed by atoms with Crippen LogP contribution in [-0.4, -0.2) is 17.9 Å². The molecule has 2 fully saturated rings. The fraction of sp³-hybridized carbons (Fsp3) is 0.933. The topological polar surface area (TPSA) is 29.1 Å². The van der Waals surface area contributed by atoms with Crippen LogP contribution in [-0.2, 0) is 4.79 Å². The van der Waals surface area contributed by atoms with Gasteiger partial charge < -0.3 is 5.32 Å². The van der Waals surface area contributed by atoms with Crippen LogP contribution in [0.1, 0.15) is 65.2 Å². The summed E-state index contributed by atoms with van der Waals surface area (Å²) in [6.07, 6.45) is 9.21. The van der Waals surface area contributed by atoms with Gasteiger partial charge in [0.1, 0.15) is 5.78 Å². The van der Waals surface area contributed by atoms with Gasteiger partial charge in [0.05, 0.1) is 0 Å². The first-order valence-electron chi connectivity index (χ1n) is 7.45. The largest absolute Gasteiger partial charge is 0.311 e. The Morgan fingerprint density at radius 1 is 1.29 bits per heavy atom. The summed E-state index contributed by atoms with van der Waals surface area (Å²) in [5, 5.41) is 3.64. The lowest BCUT2D eigenvalue weighted by molar-refractivity contribution is -0.121. The van der Waals surface area contributed by atoms with Crippen LogP contribution < -0.4 is 5.32 Å². The van der Waals surface area contributed by atoms with E-state index in [4.69, 9.17) is 0 Å². The molecule has 0 aromatic heterocycles. The predicted octanol–water partition coefficient (Wildman–Crippen LogP) is 3.30. The molecular weight excluding hydrogens is 210 g/mol. The number of carbonyl (C=O) groups excluding carboxylic acids is 1. The lowest BCUT2D eigenvalue weighted by atomic mass is 9.86. The third-order valence-electron chi connectivity index (χ3n) is 4.44. The second-order valence-electron chi connectivity index (χ2n) is 6.32. The molecule has 2 heteroatoms. The van der Waals surface area contributed by atoms with Crippen molar-refractivity contribution in [3.63, 3.8) is 0 Å². The quantitative estimate of drug-likeness (QED) is 0.768. The third kappa shape index (κ3) is 3.80. The van der Waals surface area contributed by atoms with Gasteiger partial charge in [-0.2, -0.15) is 0 Å². The molecule has 0 radical (unpaired) electrons. The number of Topliss-reactive ketones (excluding diaryl/α,β-unsaturated/α-hetero) is 1. The number of piperidine rings is 1. The molecule has 1 N–H and O–H groups in total. The molecule has 2 nitrogen and oxygen atoms in total. The summed E-state index contributed by atoms with van der Waals surface area (Å²) in [5.74, 6) is 1.78. The highest BCUT2D eigenvalue weighted by Gasteiger charge is 2.34. The molecule has 2 aliphatic rings. The molecule has 0 aliphatic carbocycles. The highest BCUT2D eigenvalue weighted by atomic mass is 16.1. The van der Waals surface area contributed by atoms with Crippen LogP contribution in [0, 0.1) is 11.8 Å². The van der Waals surface area contributed by atoms with E-state index in [0.29, 0.717) is 17.6 Å². The summed E-state index contributed by atoms with van der Waals surface area (Å²) in [6.45, 7) is 4.42. The number of rotatable bonds is 6. The fourth-order valence-corrected chi connectivity index (χ4v) is 3.73. The minimum Gasteiger partial charge on any atom is -0.311 e. The lowest BCUT2D eigenvalue weighted by Gasteiger charge is -2.28. The Balaban J connectivity index is 1.71. The Bertz CT molecular complexity index is 252. The number of nitrogens with one attached hydrogen (secondary N) is 1. The molecule has 0 saturated carbocycles. The Hall–Kier alpha value is -0.370. The van der Waals surface area contributed by atoms with Gasteiger partial charge in [-0.3, -0.25) is 4.79 Å². The van der Waals surface area contributed by atoms with E-state index in [1.54, 1.807) is 0 Å². The third-order valence-corrected chi connectivity index (χ3v) is 4.44. The SMILES string of the molecule is CCCC(C)CC(=O)CC1CC2CCC(C1)N2. The molecule has 2 saturated heterocycles. The van der Waals surface area contributed by atoms with Gasteiger partial charge in [-0.25, -0.2) is 0 Å². The Morgan fingerprint density at radius 3 is 2.53 bits per heavy atom. The van der Waals surface area contributed by atoms with E-state index < -0.39 is 0 Å². The average Bonchev–Trinajstić information content (AvgIpc) is 2.58. The van der Waals surface area contributed by atoms with Crippen molar-refractivity contribution in [1.29, 1.82) is 0 Å². The van der Waals surface area contributed by atoms with E-state index in [1.165, 1.54) is 38.5 Å². The van der Waals surface area contributed by atoms with Crippen LogP contribution in [0.3, 0.4) is 0 Å². The van der Waals surface area contributed by atoms with Crippen molar-refractivity contribution in [2.24, 2.45) is 11.8 Å². The normalized spacial score (nSPS) is 33.6. The molecule has 2 bridgehead atoms. The van der Waals surface area contributed by atoms with Gasteiger partial charge >= 0.3 is 0 Å². The van der Waals surface area contributed by atoms with Crippen molar-refractivity contribution in [3.8, 4) is 0 Å². The molecule has 3 unspecified atom stereocenters. The zero-order valence-corrected chi connectivity index (χ0v) is 11.4. The van der Waals surface area contributed by atoms with Gasteiger partial charge in [0, 0.05) is 24.9 Å². The molecule has 2 heterocycles. The standard InChI is InChI=1S/C15H27NO/c1-3-4-11(2)7-15(17)10-12-8-13-5-6-14(9-12)16-13/h11-14,16H,3-10H2,1-2H3. The Kier molecular flexibility index (Phi) is 4.61. The second kappa shape index (κ2) is 5.99. The minimum absolute atomic E-state index is 0.511. The Morgan fingerprint density at radius 2 is 1.94 bits per heavy atom. The van der Waals surface area contributed by atoms with Crippen molar-refractivity contribution in [3.05, 3.63) is 0 Å². The van der Waals surface area contributed by atoms with E-state index in [2.05, 4.69) is 19.2 Å². The lowest BCUT2D eigenvalue weighted by Crippen LogP contribution is -2.38. The van der Waals surface area contributed by atoms with Crippen molar-refractivity contribution in [2.75, 3.05) is 0 Å². The van der Waals surface area contributed by atoms with Crippen LogP contribution in [0.2, 0.25) is 0 Å². The maximum absolute atomic E-state index is 12.0. The van der Waals surface area contributed by atoms with Gasteiger partial charge in [0.2, 0.25) is 0 Å². The summed E-state index contributed by atoms with van der Waals surface area (Å²) in [4.78, 5) is 12.0. The van der Waals surface area contributed by atoms with E-state index in [-0.39, 0.29) is 0 Å². The van der Waals surface area contributed by atoms with E-state index >= 15 is 0 Å². The minimum atomic E-state index is 0.511. The zero-order valence-electron chi connectivity index (χ0n) is 11.4. The first-order valence-corrected chi connectivity index (χ1v) is 7.45. The average molecular weight is 237 g/mol.